The van der Waals surface area contributed by atoms with Gasteiger partial charge in [-0.15, -0.1) is 0 Å². The van der Waals surface area contributed by atoms with Crippen LogP contribution >= 0.6 is 11.6 Å². The van der Waals surface area contributed by atoms with Crippen LogP contribution in [0.2, 0.25) is 5.15 Å². The molecule has 2 rings (SSSR count). The number of nitrogens with zero attached hydrogens (tertiary/aromatic N) is 1. The highest BCUT2D eigenvalue weighted by atomic mass is 35.5. The zero-order valence-electron chi connectivity index (χ0n) is 10.8. The maximum atomic E-state index is 8.88. The van der Waals surface area contributed by atoms with Gasteiger partial charge in [-0.25, -0.2) is 4.98 Å². The minimum atomic E-state index is 0.0879. The summed E-state index contributed by atoms with van der Waals surface area (Å²) >= 11 is 6.07. The highest BCUT2D eigenvalue weighted by Crippen LogP contribution is 2.24. The Morgan fingerprint density at radius 2 is 2.00 bits per heavy atom. The number of pyridine rings is 1. The fraction of sp³-hybridized carbons (Fsp3) is 0.267. The van der Waals surface area contributed by atoms with E-state index < -0.39 is 0 Å². The normalized spacial score (nSPS) is 12.2. The zero-order valence-corrected chi connectivity index (χ0v) is 11.6. The number of nitrogens with one attached hydrogen (secondary N) is 1. The molecule has 3 nitrogen and oxygen atoms in total. The molecule has 1 aromatic carbocycles. The maximum absolute atomic E-state index is 8.88. The van der Waals surface area contributed by atoms with E-state index in [1.165, 1.54) is 0 Å². The van der Waals surface area contributed by atoms with Crippen molar-refractivity contribution in [2.45, 2.75) is 19.4 Å². The van der Waals surface area contributed by atoms with Gasteiger partial charge in [0, 0.05) is 24.1 Å². The molecular formula is C15H17ClN2O. The number of rotatable bonds is 5. The molecule has 1 aromatic heterocycles. The fourth-order valence-corrected chi connectivity index (χ4v) is 2.23. The molecule has 1 atom stereocenters. The van der Waals surface area contributed by atoms with Crippen LogP contribution in [0.1, 0.15) is 24.1 Å². The fourth-order valence-electron chi connectivity index (χ4n) is 1.95. The summed E-state index contributed by atoms with van der Waals surface area (Å²) in [5.74, 6) is 0. The molecule has 0 aliphatic rings. The van der Waals surface area contributed by atoms with Crippen molar-refractivity contribution in [3.63, 3.8) is 0 Å². The van der Waals surface area contributed by atoms with Crippen LogP contribution in [0, 0.1) is 0 Å². The Kier molecular flexibility index (Phi) is 4.77. The van der Waals surface area contributed by atoms with E-state index in [1.807, 2.05) is 43.3 Å². The van der Waals surface area contributed by atoms with Crippen LogP contribution in [0.3, 0.4) is 0 Å². The summed E-state index contributed by atoms with van der Waals surface area (Å²) in [6, 6.07) is 12.0. The van der Waals surface area contributed by atoms with Gasteiger partial charge in [0.05, 0.1) is 6.04 Å². The van der Waals surface area contributed by atoms with Gasteiger partial charge in [0.1, 0.15) is 5.15 Å². The average Bonchev–Trinajstić information content (AvgIpc) is 2.42. The Hall–Kier alpha value is -1.58. The molecule has 2 aromatic rings. The molecule has 1 heterocycles. The molecule has 0 bridgehead atoms. The standard InChI is InChI=1S/C15H17ClN2O/c1-11(14-3-2-9-17-15(14)16)18-13-6-4-12(5-7-13)8-10-19/h2-7,9,11,18-19H,8,10H2,1H3. The number of hydrogen-bond acceptors (Lipinski definition) is 3. The molecule has 4 heteroatoms. The van der Waals surface area contributed by atoms with Crippen LogP contribution in [0.5, 0.6) is 0 Å². The van der Waals surface area contributed by atoms with Crippen molar-refractivity contribution in [1.29, 1.82) is 0 Å². The Morgan fingerprint density at radius 1 is 1.26 bits per heavy atom. The lowest BCUT2D eigenvalue weighted by Gasteiger charge is -2.16. The second-order valence-corrected chi connectivity index (χ2v) is 4.78. The van der Waals surface area contributed by atoms with Gasteiger partial charge in [-0.2, -0.15) is 0 Å². The molecule has 2 N–H and O–H groups in total. The smallest absolute Gasteiger partial charge is 0.134 e. The molecule has 100 valence electrons. The molecule has 0 fully saturated rings. The third kappa shape index (κ3) is 3.69. The Bertz CT molecular complexity index is 528. The second-order valence-electron chi connectivity index (χ2n) is 4.42. The first-order valence-electron chi connectivity index (χ1n) is 6.27. The molecule has 0 aliphatic heterocycles. The Morgan fingerprint density at radius 3 is 2.63 bits per heavy atom. The minimum absolute atomic E-state index is 0.0879. The molecule has 0 saturated heterocycles. The largest absolute Gasteiger partial charge is 0.396 e. The van der Waals surface area contributed by atoms with Crippen LogP contribution < -0.4 is 5.32 Å². The average molecular weight is 277 g/mol. The van der Waals surface area contributed by atoms with Gasteiger partial charge in [0.25, 0.3) is 0 Å². The topological polar surface area (TPSA) is 45.1 Å². The van der Waals surface area contributed by atoms with E-state index in [0.29, 0.717) is 11.6 Å². The monoisotopic (exact) mass is 276 g/mol. The van der Waals surface area contributed by atoms with Crippen molar-refractivity contribution in [2.75, 3.05) is 11.9 Å². The molecule has 19 heavy (non-hydrogen) atoms. The quantitative estimate of drug-likeness (QED) is 0.822. The summed E-state index contributed by atoms with van der Waals surface area (Å²) < 4.78 is 0. The molecule has 0 aliphatic carbocycles. The van der Waals surface area contributed by atoms with Gasteiger partial charge in [0.15, 0.2) is 0 Å². The molecular weight excluding hydrogens is 260 g/mol. The number of anilines is 1. The van der Waals surface area contributed by atoms with E-state index in [1.54, 1.807) is 6.20 Å². The van der Waals surface area contributed by atoms with Crippen molar-refractivity contribution in [3.05, 3.63) is 58.9 Å². The highest BCUT2D eigenvalue weighted by Gasteiger charge is 2.09. The van der Waals surface area contributed by atoms with Crippen LogP contribution in [0.25, 0.3) is 0 Å². The van der Waals surface area contributed by atoms with Crippen molar-refractivity contribution in [1.82, 2.24) is 4.98 Å². The van der Waals surface area contributed by atoms with Crippen LogP contribution in [0.4, 0.5) is 5.69 Å². The first-order valence-corrected chi connectivity index (χ1v) is 6.65. The van der Waals surface area contributed by atoms with E-state index in [4.69, 9.17) is 16.7 Å². The predicted molar refractivity (Wildman–Crippen MR) is 78.5 cm³/mol. The zero-order chi connectivity index (χ0) is 13.7. The minimum Gasteiger partial charge on any atom is -0.396 e. The van der Waals surface area contributed by atoms with Gasteiger partial charge >= 0.3 is 0 Å². The number of aliphatic hydroxyl groups excluding tert-OH is 1. The van der Waals surface area contributed by atoms with E-state index in [-0.39, 0.29) is 12.6 Å². The number of hydrogen-bond donors (Lipinski definition) is 2. The lowest BCUT2D eigenvalue weighted by atomic mass is 10.1. The van der Waals surface area contributed by atoms with Crippen molar-refractivity contribution in [2.24, 2.45) is 0 Å². The number of benzene rings is 1. The van der Waals surface area contributed by atoms with Crippen molar-refractivity contribution >= 4 is 17.3 Å². The van der Waals surface area contributed by atoms with Gasteiger partial charge in [-0.3, -0.25) is 0 Å². The number of aromatic nitrogens is 1. The van der Waals surface area contributed by atoms with E-state index in [9.17, 15) is 0 Å². The molecule has 1 unspecified atom stereocenters. The van der Waals surface area contributed by atoms with Gasteiger partial charge in [-0.05, 0) is 37.1 Å². The molecule has 0 amide bonds. The molecule has 0 radical (unpaired) electrons. The predicted octanol–water partition coefficient (Wildman–Crippen LogP) is 3.44. The number of aliphatic hydroxyl groups is 1. The SMILES string of the molecule is CC(Nc1ccc(CCO)cc1)c1cccnc1Cl. The Balaban J connectivity index is 2.06. The summed E-state index contributed by atoms with van der Waals surface area (Å²) in [4.78, 5) is 4.08. The van der Waals surface area contributed by atoms with E-state index in [0.717, 1.165) is 16.8 Å². The third-order valence-corrected chi connectivity index (χ3v) is 3.31. The lowest BCUT2D eigenvalue weighted by molar-refractivity contribution is 0.299. The summed E-state index contributed by atoms with van der Waals surface area (Å²) in [5.41, 5.74) is 3.12. The first-order chi connectivity index (χ1) is 9.20. The van der Waals surface area contributed by atoms with Gasteiger partial charge in [-0.1, -0.05) is 29.8 Å². The van der Waals surface area contributed by atoms with E-state index in [2.05, 4.69) is 10.3 Å². The summed E-state index contributed by atoms with van der Waals surface area (Å²) in [6.07, 6.45) is 2.37. The third-order valence-electron chi connectivity index (χ3n) is 2.99. The lowest BCUT2D eigenvalue weighted by Crippen LogP contribution is -2.07. The van der Waals surface area contributed by atoms with Crippen LogP contribution in [0.15, 0.2) is 42.6 Å². The first kappa shape index (κ1) is 13.8. The Labute approximate surface area is 118 Å². The van der Waals surface area contributed by atoms with Crippen LogP contribution in [-0.2, 0) is 6.42 Å². The highest BCUT2D eigenvalue weighted by molar-refractivity contribution is 6.30. The summed E-state index contributed by atoms with van der Waals surface area (Å²) in [7, 11) is 0. The second kappa shape index (κ2) is 6.55. The van der Waals surface area contributed by atoms with Gasteiger partial charge in [0.2, 0.25) is 0 Å². The van der Waals surface area contributed by atoms with E-state index >= 15 is 0 Å². The molecule has 0 saturated carbocycles. The van der Waals surface area contributed by atoms with Crippen LogP contribution in [-0.4, -0.2) is 16.7 Å². The summed E-state index contributed by atoms with van der Waals surface area (Å²) in [6.45, 7) is 2.22. The maximum Gasteiger partial charge on any atom is 0.134 e. The van der Waals surface area contributed by atoms with Crippen molar-refractivity contribution < 1.29 is 5.11 Å². The molecule has 0 spiro atoms. The number of halogens is 1. The summed E-state index contributed by atoms with van der Waals surface area (Å²) in [5, 5.41) is 12.8. The van der Waals surface area contributed by atoms with Crippen molar-refractivity contribution in [3.8, 4) is 0 Å². The van der Waals surface area contributed by atoms with Gasteiger partial charge < -0.3 is 10.4 Å².